The molecule has 0 fully saturated rings. The highest BCUT2D eigenvalue weighted by atomic mass is 35.5. The van der Waals surface area contributed by atoms with Crippen LogP contribution in [-0.4, -0.2) is 10.5 Å². The smallest absolute Gasteiger partial charge is 0.314 e. The van der Waals surface area contributed by atoms with Crippen LogP contribution in [0.3, 0.4) is 0 Å². The first-order chi connectivity index (χ1) is 5.48. The van der Waals surface area contributed by atoms with Gasteiger partial charge >= 0.3 is 6.03 Å². The summed E-state index contributed by atoms with van der Waals surface area (Å²) in [5.74, 6) is 0. The van der Waals surface area contributed by atoms with Gasteiger partial charge in [-0.05, 0) is 12.8 Å². The van der Waals surface area contributed by atoms with E-state index < -0.39 is 10.5 Å². The van der Waals surface area contributed by atoms with Gasteiger partial charge in [0.2, 0.25) is 0 Å². The highest BCUT2D eigenvalue weighted by molar-refractivity contribution is 6.48. The number of hydrogen-bond donors (Lipinski definition) is 2. The molecular weight excluding hydrogens is 199 g/mol. The van der Waals surface area contributed by atoms with Gasteiger partial charge in [-0.25, -0.2) is 4.79 Å². The molecule has 0 aromatic rings. The van der Waals surface area contributed by atoms with Crippen molar-refractivity contribution in [2.75, 3.05) is 0 Å². The summed E-state index contributed by atoms with van der Waals surface area (Å²) in [5, 5.41) is 2.25. The number of nitrogens with two attached hydrogens (primary N) is 1. The van der Waals surface area contributed by atoms with E-state index in [0.717, 1.165) is 19.3 Å². The molecule has 3 N–H and O–H groups in total. The maximum Gasteiger partial charge on any atom is 0.314 e. The van der Waals surface area contributed by atoms with Gasteiger partial charge in [0.05, 0.1) is 0 Å². The zero-order valence-corrected chi connectivity index (χ0v) is 8.58. The average Bonchev–Trinajstić information content (AvgIpc) is 1.84. The van der Waals surface area contributed by atoms with E-state index in [9.17, 15) is 4.79 Å². The second kappa shape index (κ2) is 5.49. The molecule has 0 radical (unpaired) electrons. The third-order valence-electron chi connectivity index (χ3n) is 1.40. The predicted molar refractivity (Wildman–Crippen MR) is 51.3 cm³/mol. The number of alkyl halides is 2. The molecule has 0 aliphatic heterocycles. The van der Waals surface area contributed by atoms with Crippen molar-refractivity contribution in [1.29, 1.82) is 0 Å². The molecule has 2 amide bonds. The minimum Gasteiger partial charge on any atom is -0.352 e. The number of nitrogens with one attached hydrogen (secondary N) is 1. The van der Waals surface area contributed by atoms with Crippen molar-refractivity contribution in [2.45, 2.75) is 37.1 Å². The second-order valence-electron chi connectivity index (χ2n) is 2.65. The van der Waals surface area contributed by atoms with Crippen LogP contribution in [0.2, 0.25) is 0 Å². The fraction of sp³-hybridized carbons (Fsp3) is 0.857. The summed E-state index contributed by atoms with van der Waals surface area (Å²) in [4.78, 5) is 10.4. The third-order valence-corrected chi connectivity index (χ3v) is 1.97. The van der Waals surface area contributed by atoms with Crippen molar-refractivity contribution in [2.24, 2.45) is 5.73 Å². The van der Waals surface area contributed by atoms with Gasteiger partial charge in [-0.3, -0.25) is 0 Å². The summed E-state index contributed by atoms with van der Waals surface area (Å²) in [6.45, 7) is 2.08. The molecular formula is C7H14Cl2N2O. The van der Waals surface area contributed by atoms with E-state index in [0.29, 0.717) is 6.42 Å². The number of halogens is 2. The molecule has 3 nitrogen and oxygen atoms in total. The number of carbonyl (C=O) groups excluding carboxylic acids is 1. The largest absolute Gasteiger partial charge is 0.352 e. The molecule has 0 rings (SSSR count). The molecule has 0 bridgehead atoms. The van der Waals surface area contributed by atoms with Crippen LogP contribution in [0.15, 0.2) is 0 Å². The van der Waals surface area contributed by atoms with E-state index in [1.165, 1.54) is 0 Å². The summed E-state index contributed by atoms with van der Waals surface area (Å²) >= 11 is 11.4. The molecule has 0 aromatic heterocycles. The van der Waals surface area contributed by atoms with E-state index in [2.05, 4.69) is 12.2 Å². The molecule has 0 aliphatic carbocycles. The Kier molecular flexibility index (Phi) is 5.42. The van der Waals surface area contributed by atoms with Gasteiger partial charge in [-0.1, -0.05) is 43.0 Å². The lowest BCUT2D eigenvalue weighted by Gasteiger charge is -2.19. The van der Waals surface area contributed by atoms with Gasteiger partial charge < -0.3 is 11.1 Å². The van der Waals surface area contributed by atoms with Crippen LogP contribution in [0.5, 0.6) is 0 Å². The zero-order chi connectivity index (χ0) is 9.61. The molecule has 0 atom stereocenters. The molecule has 0 saturated carbocycles. The third kappa shape index (κ3) is 6.55. The SMILES string of the molecule is CCCCCC(Cl)(Cl)NC(N)=O. The van der Waals surface area contributed by atoms with Crippen LogP contribution in [-0.2, 0) is 0 Å². The Balaban J connectivity index is 3.63. The van der Waals surface area contributed by atoms with Crippen LogP contribution in [0, 0.1) is 0 Å². The van der Waals surface area contributed by atoms with Crippen molar-refractivity contribution in [3.05, 3.63) is 0 Å². The maximum absolute atomic E-state index is 10.4. The molecule has 0 saturated heterocycles. The van der Waals surface area contributed by atoms with Gasteiger partial charge in [0.1, 0.15) is 0 Å². The Bertz CT molecular complexity index is 150. The summed E-state index contributed by atoms with van der Waals surface area (Å²) in [5.41, 5.74) is 4.86. The van der Waals surface area contributed by atoms with Crippen LogP contribution < -0.4 is 11.1 Å². The molecule has 0 aromatic carbocycles. The average molecular weight is 213 g/mol. The summed E-state index contributed by atoms with van der Waals surface area (Å²) < 4.78 is -1.21. The van der Waals surface area contributed by atoms with Gasteiger partial charge in [-0.2, -0.15) is 0 Å². The predicted octanol–water partition coefficient (Wildman–Crippen LogP) is 2.37. The Morgan fingerprint density at radius 3 is 2.50 bits per heavy atom. The minimum atomic E-state index is -1.21. The van der Waals surface area contributed by atoms with Gasteiger partial charge in [-0.15, -0.1) is 0 Å². The lowest BCUT2D eigenvalue weighted by atomic mass is 10.2. The van der Waals surface area contributed by atoms with E-state index in [4.69, 9.17) is 28.9 Å². The Morgan fingerprint density at radius 1 is 1.50 bits per heavy atom. The van der Waals surface area contributed by atoms with Crippen LogP contribution in [0.4, 0.5) is 4.79 Å². The lowest BCUT2D eigenvalue weighted by Crippen LogP contribution is -2.42. The number of unbranched alkanes of at least 4 members (excludes halogenated alkanes) is 2. The molecule has 0 aliphatic rings. The maximum atomic E-state index is 10.4. The van der Waals surface area contributed by atoms with Crippen molar-refractivity contribution >= 4 is 29.2 Å². The number of hydrogen-bond acceptors (Lipinski definition) is 1. The number of amides is 2. The first-order valence-electron chi connectivity index (χ1n) is 3.93. The normalized spacial score (nSPS) is 11.2. The van der Waals surface area contributed by atoms with Gasteiger partial charge in [0, 0.05) is 0 Å². The Morgan fingerprint density at radius 2 is 2.08 bits per heavy atom. The Hall–Kier alpha value is -0.150. The quantitative estimate of drug-likeness (QED) is 0.411. The molecule has 72 valence electrons. The topological polar surface area (TPSA) is 55.1 Å². The first kappa shape index (κ1) is 11.8. The fourth-order valence-corrected chi connectivity index (χ4v) is 1.29. The number of primary amides is 1. The Labute approximate surface area is 82.6 Å². The standard InChI is InChI=1S/C7H14Cl2N2O/c1-2-3-4-5-7(8,9)11-6(10)12/h2-5H2,1H3,(H3,10,11,12). The zero-order valence-electron chi connectivity index (χ0n) is 7.07. The van der Waals surface area contributed by atoms with Crippen LogP contribution in [0.25, 0.3) is 0 Å². The highest BCUT2D eigenvalue weighted by Crippen LogP contribution is 2.24. The minimum absolute atomic E-state index is 0.521. The number of urea groups is 1. The first-order valence-corrected chi connectivity index (χ1v) is 4.69. The molecule has 0 heterocycles. The molecule has 0 spiro atoms. The highest BCUT2D eigenvalue weighted by Gasteiger charge is 2.23. The van der Waals surface area contributed by atoms with Crippen molar-refractivity contribution in [1.82, 2.24) is 5.32 Å². The molecule has 5 heteroatoms. The van der Waals surface area contributed by atoms with E-state index >= 15 is 0 Å². The van der Waals surface area contributed by atoms with Gasteiger partial charge in [0.15, 0.2) is 4.46 Å². The summed E-state index contributed by atoms with van der Waals surface area (Å²) in [7, 11) is 0. The van der Waals surface area contributed by atoms with Crippen LogP contribution in [0.1, 0.15) is 32.6 Å². The number of carbonyl (C=O) groups is 1. The van der Waals surface area contributed by atoms with Crippen LogP contribution >= 0.6 is 23.2 Å². The van der Waals surface area contributed by atoms with E-state index in [1.807, 2.05) is 0 Å². The van der Waals surface area contributed by atoms with E-state index in [-0.39, 0.29) is 0 Å². The monoisotopic (exact) mass is 212 g/mol. The van der Waals surface area contributed by atoms with Crippen molar-refractivity contribution in [3.63, 3.8) is 0 Å². The summed E-state index contributed by atoms with van der Waals surface area (Å²) in [6, 6.07) is -0.698. The molecule has 0 unspecified atom stereocenters. The number of rotatable bonds is 5. The van der Waals surface area contributed by atoms with Crippen molar-refractivity contribution < 1.29 is 4.79 Å². The fourth-order valence-electron chi connectivity index (χ4n) is 0.840. The van der Waals surface area contributed by atoms with Crippen molar-refractivity contribution in [3.8, 4) is 0 Å². The lowest BCUT2D eigenvalue weighted by molar-refractivity contribution is 0.246. The van der Waals surface area contributed by atoms with Gasteiger partial charge in [0.25, 0.3) is 0 Å². The van der Waals surface area contributed by atoms with E-state index in [1.54, 1.807) is 0 Å². The second-order valence-corrected chi connectivity index (χ2v) is 4.13. The molecule has 12 heavy (non-hydrogen) atoms. The summed E-state index contributed by atoms with van der Waals surface area (Å²) in [6.07, 6.45) is 3.53.